The van der Waals surface area contributed by atoms with Gasteiger partial charge in [-0.3, -0.25) is 4.90 Å². The predicted molar refractivity (Wildman–Crippen MR) is 74.3 cm³/mol. The lowest BCUT2D eigenvalue weighted by atomic mass is 10.1. The maximum absolute atomic E-state index is 12.5. The fourth-order valence-electron chi connectivity index (χ4n) is 2.07. The molecule has 0 radical (unpaired) electrons. The molecule has 0 fully saturated rings. The molecule has 19 heavy (non-hydrogen) atoms. The Balaban J connectivity index is 3.94. The van der Waals surface area contributed by atoms with E-state index in [1.54, 1.807) is 4.90 Å². The number of nitrogens with zero attached hydrogens (tertiary/aromatic N) is 1. The van der Waals surface area contributed by atoms with Gasteiger partial charge in [-0.05, 0) is 51.7 Å². The van der Waals surface area contributed by atoms with Gasteiger partial charge in [0, 0.05) is 6.04 Å². The molecular formula is C14H29F3N2. The topological polar surface area (TPSA) is 15.3 Å². The minimum atomic E-state index is -4.10. The van der Waals surface area contributed by atoms with Crippen LogP contribution in [0.25, 0.3) is 0 Å². The van der Waals surface area contributed by atoms with Crippen molar-refractivity contribution in [1.29, 1.82) is 0 Å². The van der Waals surface area contributed by atoms with Gasteiger partial charge in [-0.25, -0.2) is 0 Å². The zero-order valence-corrected chi connectivity index (χ0v) is 12.7. The first kappa shape index (κ1) is 18.7. The van der Waals surface area contributed by atoms with Crippen LogP contribution in [-0.2, 0) is 0 Å². The van der Waals surface area contributed by atoms with Crippen LogP contribution in [0.2, 0.25) is 0 Å². The number of nitrogens with one attached hydrogen (secondary N) is 1. The van der Waals surface area contributed by atoms with E-state index in [9.17, 15) is 13.2 Å². The smallest absolute Gasteiger partial charge is 0.316 e. The van der Waals surface area contributed by atoms with E-state index in [-0.39, 0.29) is 6.04 Å². The summed E-state index contributed by atoms with van der Waals surface area (Å²) in [6, 6.07) is -0.0116. The van der Waals surface area contributed by atoms with Crippen molar-refractivity contribution < 1.29 is 13.2 Å². The monoisotopic (exact) mass is 282 g/mol. The highest BCUT2D eigenvalue weighted by Crippen LogP contribution is 2.19. The van der Waals surface area contributed by atoms with Crippen molar-refractivity contribution in [3.8, 4) is 0 Å². The molecule has 0 spiro atoms. The van der Waals surface area contributed by atoms with E-state index in [4.69, 9.17) is 0 Å². The molecule has 0 aliphatic carbocycles. The highest BCUT2D eigenvalue weighted by molar-refractivity contribution is 4.71. The third-order valence-electron chi connectivity index (χ3n) is 3.04. The molecule has 0 heterocycles. The van der Waals surface area contributed by atoms with Gasteiger partial charge in [0.05, 0.1) is 6.54 Å². The minimum absolute atomic E-state index is 0.0116. The summed E-state index contributed by atoms with van der Waals surface area (Å²) in [7, 11) is 0. The van der Waals surface area contributed by atoms with Crippen LogP contribution in [0.15, 0.2) is 0 Å². The first-order valence-electron chi connectivity index (χ1n) is 7.27. The molecule has 1 atom stereocenters. The lowest BCUT2D eigenvalue weighted by Gasteiger charge is -2.29. The average molecular weight is 282 g/mol. The summed E-state index contributed by atoms with van der Waals surface area (Å²) in [5.41, 5.74) is 0. The van der Waals surface area contributed by atoms with Crippen LogP contribution in [0.3, 0.4) is 0 Å². The van der Waals surface area contributed by atoms with Gasteiger partial charge in [0.15, 0.2) is 0 Å². The Morgan fingerprint density at radius 1 is 1.16 bits per heavy atom. The lowest BCUT2D eigenvalue weighted by molar-refractivity contribution is -0.150. The molecule has 1 N–H and O–H groups in total. The summed E-state index contributed by atoms with van der Waals surface area (Å²) in [4.78, 5) is 1.54. The van der Waals surface area contributed by atoms with E-state index in [2.05, 4.69) is 19.2 Å². The molecule has 0 aromatic carbocycles. The number of hydrogen-bond acceptors (Lipinski definition) is 2. The molecule has 0 bridgehead atoms. The van der Waals surface area contributed by atoms with Crippen LogP contribution < -0.4 is 5.32 Å². The van der Waals surface area contributed by atoms with Gasteiger partial charge in [0.1, 0.15) is 0 Å². The van der Waals surface area contributed by atoms with Gasteiger partial charge in [-0.1, -0.05) is 20.8 Å². The van der Waals surface area contributed by atoms with Crippen LogP contribution in [0.1, 0.15) is 47.0 Å². The first-order chi connectivity index (χ1) is 8.76. The van der Waals surface area contributed by atoms with Gasteiger partial charge < -0.3 is 5.32 Å². The van der Waals surface area contributed by atoms with Crippen LogP contribution in [0.4, 0.5) is 13.2 Å². The SMILES string of the molecule is CCCN(CC(F)(F)F)C(C)CCCNCC(C)C. The van der Waals surface area contributed by atoms with Crippen molar-refractivity contribution in [3.05, 3.63) is 0 Å². The molecule has 0 aliphatic rings. The second-order valence-corrected chi connectivity index (χ2v) is 5.67. The first-order valence-corrected chi connectivity index (χ1v) is 7.27. The van der Waals surface area contributed by atoms with Gasteiger partial charge >= 0.3 is 6.18 Å². The summed E-state index contributed by atoms with van der Waals surface area (Å²) in [5, 5.41) is 3.32. The van der Waals surface area contributed by atoms with Crippen molar-refractivity contribution in [2.24, 2.45) is 5.92 Å². The summed E-state index contributed by atoms with van der Waals surface area (Å²) in [6.07, 6.45) is -1.61. The fourth-order valence-corrected chi connectivity index (χ4v) is 2.07. The Morgan fingerprint density at radius 2 is 1.79 bits per heavy atom. The number of alkyl halides is 3. The Hall–Kier alpha value is -0.290. The number of halogens is 3. The van der Waals surface area contributed by atoms with Crippen molar-refractivity contribution >= 4 is 0 Å². The minimum Gasteiger partial charge on any atom is -0.316 e. The quantitative estimate of drug-likeness (QED) is 0.615. The van der Waals surface area contributed by atoms with E-state index in [1.165, 1.54) is 0 Å². The molecular weight excluding hydrogens is 253 g/mol. The molecule has 116 valence electrons. The maximum Gasteiger partial charge on any atom is 0.401 e. The zero-order chi connectivity index (χ0) is 14.9. The maximum atomic E-state index is 12.5. The number of hydrogen-bond donors (Lipinski definition) is 1. The largest absolute Gasteiger partial charge is 0.401 e. The Morgan fingerprint density at radius 3 is 2.26 bits per heavy atom. The van der Waals surface area contributed by atoms with Crippen LogP contribution in [-0.4, -0.2) is 43.3 Å². The van der Waals surface area contributed by atoms with Gasteiger partial charge in [-0.15, -0.1) is 0 Å². The van der Waals surface area contributed by atoms with Crippen molar-refractivity contribution in [1.82, 2.24) is 10.2 Å². The fraction of sp³-hybridized carbons (Fsp3) is 1.00. The van der Waals surface area contributed by atoms with Crippen LogP contribution in [0.5, 0.6) is 0 Å². The Bertz CT molecular complexity index is 217. The highest BCUT2D eigenvalue weighted by atomic mass is 19.4. The normalized spacial score (nSPS) is 14.4. The molecule has 0 rings (SSSR count). The van der Waals surface area contributed by atoms with Crippen molar-refractivity contribution in [2.75, 3.05) is 26.2 Å². The lowest BCUT2D eigenvalue weighted by Crippen LogP contribution is -2.41. The average Bonchev–Trinajstić information content (AvgIpc) is 2.25. The summed E-state index contributed by atoms with van der Waals surface area (Å²) in [5.74, 6) is 0.610. The van der Waals surface area contributed by atoms with E-state index < -0.39 is 12.7 Å². The molecule has 0 saturated carbocycles. The van der Waals surface area contributed by atoms with E-state index in [1.807, 2.05) is 13.8 Å². The predicted octanol–water partition coefficient (Wildman–Crippen LogP) is 3.68. The van der Waals surface area contributed by atoms with Gasteiger partial charge in [0.25, 0.3) is 0 Å². The van der Waals surface area contributed by atoms with Crippen molar-refractivity contribution in [3.63, 3.8) is 0 Å². The Kier molecular flexibility index (Phi) is 9.44. The summed E-state index contributed by atoms with van der Waals surface area (Å²) >= 11 is 0. The molecule has 2 nitrogen and oxygen atoms in total. The van der Waals surface area contributed by atoms with E-state index in [0.717, 1.165) is 32.4 Å². The molecule has 0 aromatic heterocycles. The summed E-state index contributed by atoms with van der Waals surface area (Å²) in [6.45, 7) is 9.67. The van der Waals surface area contributed by atoms with Gasteiger partial charge in [0.2, 0.25) is 0 Å². The molecule has 0 aliphatic heterocycles. The molecule has 0 saturated heterocycles. The van der Waals surface area contributed by atoms with Crippen molar-refractivity contribution in [2.45, 2.75) is 59.2 Å². The third-order valence-corrected chi connectivity index (χ3v) is 3.04. The molecule has 1 unspecified atom stereocenters. The van der Waals surface area contributed by atoms with E-state index in [0.29, 0.717) is 12.5 Å². The number of rotatable bonds is 10. The third kappa shape index (κ3) is 11.3. The van der Waals surface area contributed by atoms with Crippen LogP contribution in [0, 0.1) is 5.92 Å². The highest BCUT2D eigenvalue weighted by Gasteiger charge is 2.32. The second kappa shape index (κ2) is 9.59. The second-order valence-electron chi connectivity index (χ2n) is 5.67. The van der Waals surface area contributed by atoms with E-state index >= 15 is 0 Å². The zero-order valence-electron chi connectivity index (χ0n) is 12.7. The van der Waals surface area contributed by atoms with Crippen LogP contribution >= 0.6 is 0 Å². The Labute approximate surface area is 115 Å². The molecule has 0 amide bonds. The molecule has 0 aromatic rings. The summed E-state index contributed by atoms with van der Waals surface area (Å²) < 4.78 is 37.4. The standard InChI is InChI=1S/C14H29F3N2/c1-5-9-19(11-14(15,16)17)13(4)7-6-8-18-10-12(2)3/h12-13,18H,5-11H2,1-4H3. The van der Waals surface area contributed by atoms with Gasteiger partial charge in [-0.2, -0.15) is 13.2 Å². The molecule has 5 heteroatoms.